The number of likely N-dealkylation sites (tertiary alicyclic amines) is 1. The molecule has 3 rings (SSSR count). The molecule has 1 aromatic heterocycles. The topological polar surface area (TPSA) is 58.4 Å². The number of rotatable bonds is 3. The lowest BCUT2D eigenvalue weighted by Gasteiger charge is -2.40. The number of thiophene rings is 1. The summed E-state index contributed by atoms with van der Waals surface area (Å²) >= 11 is 5.24. The van der Waals surface area contributed by atoms with Crippen LogP contribution in [0.2, 0.25) is 0 Å². The number of nitrogens with zero attached hydrogens (tertiary/aromatic N) is 1. The second-order valence-electron chi connectivity index (χ2n) is 5.22. The van der Waals surface area contributed by atoms with Crippen LogP contribution in [0, 0.1) is 5.92 Å². The van der Waals surface area contributed by atoms with Crippen LogP contribution in [-0.4, -0.2) is 36.5 Å². The molecule has 2 saturated heterocycles. The maximum atomic E-state index is 11.8. The van der Waals surface area contributed by atoms with E-state index in [-0.39, 0.29) is 17.9 Å². The smallest absolute Gasteiger partial charge is 0.224 e. The zero-order chi connectivity index (χ0) is 13.4. The molecule has 3 unspecified atom stereocenters. The van der Waals surface area contributed by atoms with Crippen LogP contribution in [-0.2, 0) is 4.79 Å². The Morgan fingerprint density at radius 2 is 2.47 bits per heavy atom. The second kappa shape index (κ2) is 5.52. The maximum absolute atomic E-state index is 11.8. The normalized spacial score (nSPS) is 29.1. The molecule has 2 fully saturated rings. The van der Waals surface area contributed by atoms with E-state index >= 15 is 0 Å². The first kappa shape index (κ1) is 13.5. The zero-order valence-corrected chi connectivity index (χ0v) is 13.0. The highest BCUT2D eigenvalue weighted by molar-refractivity contribution is 9.10. The van der Waals surface area contributed by atoms with E-state index in [2.05, 4.69) is 37.6 Å². The molecule has 0 bridgehead atoms. The van der Waals surface area contributed by atoms with Crippen LogP contribution in [0.15, 0.2) is 15.9 Å². The third-order valence-corrected chi connectivity index (χ3v) is 5.98. The Balaban J connectivity index is 1.84. The second-order valence-corrected chi connectivity index (χ2v) is 7.08. The molecule has 3 heterocycles. The molecule has 0 aliphatic carbocycles. The van der Waals surface area contributed by atoms with Crippen LogP contribution in [0.25, 0.3) is 0 Å². The lowest BCUT2D eigenvalue weighted by molar-refractivity contribution is -0.124. The molecule has 3 atom stereocenters. The number of amides is 1. The first-order valence-corrected chi connectivity index (χ1v) is 8.35. The monoisotopic (exact) mass is 343 g/mol. The van der Waals surface area contributed by atoms with Crippen molar-refractivity contribution in [3.05, 3.63) is 20.8 Å². The fourth-order valence-electron chi connectivity index (χ4n) is 3.29. The molecule has 4 nitrogen and oxygen atoms in total. The van der Waals surface area contributed by atoms with Gasteiger partial charge in [0.1, 0.15) is 0 Å². The summed E-state index contributed by atoms with van der Waals surface area (Å²) in [5, 5.41) is 5.09. The van der Waals surface area contributed by atoms with E-state index in [0.29, 0.717) is 12.6 Å². The summed E-state index contributed by atoms with van der Waals surface area (Å²) in [5.74, 6) is 0.379. The zero-order valence-electron chi connectivity index (χ0n) is 10.6. The Hall–Kier alpha value is -0.430. The van der Waals surface area contributed by atoms with E-state index in [1.165, 1.54) is 4.88 Å². The van der Waals surface area contributed by atoms with E-state index in [0.717, 1.165) is 30.4 Å². The van der Waals surface area contributed by atoms with Crippen molar-refractivity contribution in [1.82, 2.24) is 10.2 Å². The minimum absolute atomic E-state index is 0.159. The van der Waals surface area contributed by atoms with Gasteiger partial charge in [-0.1, -0.05) is 0 Å². The molecule has 0 radical (unpaired) electrons. The molecule has 104 valence electrons. The number of halogens is 1. The van der Waals surface area contributed by atoms with Crippen molar-refractivity contribution in [3.63, 3.8) is 0 Å². The first-order valence-electron chi connectivity index (χ1n) is 6.68. The predicted molar refractivity (Wildman–Crippen MR) is 80.0 cm³/mol. The summed E-state index contributed by atoms with van der Waals surface area (Å²) in [6.07, 6.45) is 2.09. The molecule has 0 saturated carbocycles. The fraction of sp³-hybridized carbons (Fsp3) is 0.615. The number of fused-ring (bicyclic) bond motifs is 1. The van der Waals surface area contributed by atoms with Crippen LogP contribution >= 0.6 is 27.3 Å². The molecule has 19 heavy (non-hydrogen) atoms. The Kier molecular flexibility index (Phi) is 3.93. The number of hydrogen-bond donors (Lipinski definition) is 2. The van der Waals surface area contributed by atoms with Crippen LogP contribution in [0.4, 0.5) is 0 Å². The average molecular weight is 344 g/mol. The summed E-state index contributed by atoms with van der Waals surface area (Å²) in [6.45, 7) is 2.41. The standard InChI is InChI=1S/C13H18BrN3OS/c14-8-4-12(19-7-8)10(5-15)17-3-1-2-9-11(17)6-16-13(9)18/h4,7,9-11H,1-3,5-6,15H2,(H,16,18). The Bertz CT molecular complexity index is 478. The molecular weight excluding hydrogens is 326 g/mol. The number of nitrogens with one attached hydrogen (secondary N) is 1. The number of hydrogen-bond acceptors (Lipinski definition) is 4. The van der Waals surface area contributed by atoms with E-state index in [1.807, 2.05) is 0 Å². The van der Waals surface area contributed by atoms with E-state index in [9.17, 15) is 4.79 Å². The highest BCUT2D eigenvalue weighted by Crippen LogP contribution is 2.36. The lowest BCUT2D eigenvalue weighted by atomic mass is 9.90. The summed E-state index contributed by atoms with van der Waals surface area (Å²) in [5.41, 5.74) is 6.01. The molecule has 2 aliphatic rings. The Morgan fingerprint density at radius 1 is 1.63 bits per heavy atom. The quantitative estimate of drug-likeness (QED) is 0.878. The highest BCUT2D eigenvalue weighted by atomic mass is 79.9. The molecule has 1 amide bonds. The van der Waals surface area contributed by atoms with Crippen molar-refractivity contribution in [1.29, 1.82) is 0 Å². The van der Waals surface area contributed by atoms with Gasteiger partial charge in [-0.3, -0.25) is 9.69 Å². The predicted octanol–water partition coefficient (Wildman–Crippen LogP) is 1.72. The number of nitrogens with two attached hydrogens (primary N) is 1. The summed E-state index contributed by atoms with van der Waals surface area (Å²) in [6, 6.07) is 2.70. The summed E-state index contributed by atoms with van der Waals surface area (Å²) < 4.78 is 1.11. The molecule has 0 aromatic carbocycles. The lowest BCUT2D eigenvalue weighted by Crippen LogP contribution is -2.48. The Morgan fingerprint density at radius 3 is 3.16 bits per heavy atom. The van der Waals surface area contributed by atoms with Crippen LogP contribution in [0.1, 0.15) is 23.8 Å². The first-order chi connectivity index (χ1) is 9.20. The van der Waals surface area contributed by atoms with Gasteiger partial charge < -0.3 is 11.1 Å². The number of carbonyl (C=O) groups is 1. The van der Waals surface area contributed by atoms with Crippen LogP contribution < -0.4 is 11.1 Å². The molecule has 6 heteroatoms. The van der Waals surface area contributed by atoms with Crippen molar-refractivity contribution < 1.29 is 4.79 Å². The van der Waals surface area contributed by atoms with Gasteiger partial charge >= 0.3 is 0 Å². The molecule has 1 aromatic rings. The third kappa shape index (κ3) is 2.46. The van der Waals surface area contributed by atoms with Crippen molar-refractivity contribution in [2.24, 2.45) is 11.7 Å². The van der Waals surface area contributed by atoms with Crippen molar-refractivity contribution >= 4 is 33.2 Å². The van der Waals surface area contributed by atoms with Gasteiger partial charge in [-0.25, -0.2) is 0 Å². The third-order valence-electron chi connectivity index (χ3n) is 4.18. The van der Waals surface area contributed by atoms with Crippen molar-refractivity contribution in [2.75, 3.05) is 19.6 Å². The molecule has 2 aliphatic heterocycles. The molecule has 3 N–H and O–H groups in total. The van der Waals surface area contributed by atoms with Gasteiger partial charge in [0.25, 0.3) is 0 Å². The van der Waals surface area contributed by atoms with E-state index in [1.54, 1.807) is 11.3 Å². The van der Waals surface area contributed by atoms with Crippen LogP contribution in [0.5, 0.6) is 0 Å². The summed E-state index contributed by atoms with van der Waals surface area (Å²) in [4.78, 5) is 15.6. The average Bonchev–Trinajstić information content (AvgIpc) is 2.99. The largest absolute Gasteiger partial charge is 0.354 e. The molecule has 0 spiro atoms. The minimum atomic E-state index is 0.159. The fourth-order valence-corrected chi connectivity index (χ4v) is 4.87. The molecular formula is C13H18BrN3OS. The number of carbonyl (C=O) groups excluding carboxylic acids is 1. The van der Waals surface area contributed by atoms with E-state index < -0.39 is 0 Å². The van der Waals surface area contributed by atoms with E-state index in [4.69, 9.17) is 5.73 Å². The minimum Gasteiger partial charge on any atom is -0.354 e. The highest BCUT2D eigenvalue weighted by Gasteiger charge is 2.43. The maximum Gasteiger partial charge on any atom is 0.224 e. The van der Waals surface area contributed by atoms with Gasteiger partial charge in [0.05, 0.1) is 12.0 Å². The van der Waals surface area contributed by atoms with Crippen molar-refractivity contribution in [3.8, 4) is 0 Å². The van der Waals surface area contributed by atoms with Gasteiger partial charge in [0.2, 0.25) is 5.91 Å². The summed E-state index contributed by atoms with van der Waals surface area (Å²) in [7, 11) is 0. The SMILES string of the molecule is NCC(c1cc(Br)cs1)N1CCCC2C(=O)NCC21. The van der Waals surface area contributed by atoms with Crippen molar-refractivity contribution in [2.45, 2.75) is 24.9 Å². The Labute approximate surface area is 125 Å². The van der Waals surface area contributed by atoms with Gasteiger partial charge in [-0.05, 0) is 41.4 Å². The van der Waals surface area contributed by atoms with Gasteiger partial charge in [0, 0.05) is 33.9 Å². The van der Waals surface area contributed by atoms with Gasteiger partial charge in [-0.2, -0.15) is 0 Å². The van der Waals surface area contributed by atoms with Gasteiger partial charge in [-0.15, -0.1) is 11.3 Å². The number of piperidine rings is 1. The van der Waals surface area contributed by atoms with Gasteiger partial charge in [0.15, 0.2) is 0 Å². The van der Waals surface area contributed by atoms with Crippen LogP contribution in [0.3, 0.4) is 0 Å².